The fourth-order valence-corrected chi connectivity index (χ4v) is 1.59. The van der Waals surface area contributed by atoms with Gasteiger partial charge in [0, 0.05) is 19.5 Å². The summed E-state index contributed by atoms with van der Waals surface area (Å²) in [6.45, 7) is 0. The highest BCUT2D eigenvalue weighted by molar-refractivity contribution is 5.96. The number of hydrogen-bond acceptors (Lipinski definition) is 2. The van der Waals surface area contributed by atoms with E-state index in [0.717, 1.165) is 6.07 Å². The molecule has 4 nitrogen and oxygen atoms in total. The van der Waals surface area contributed by atoms with Crippen molar-refractivity contribution in [2.24, 2.45) is 0 Å². The lowest BCUT2D eigenvalue weighted by Crippen LogP contribution is -2.25. The Kier molecular flexibility index (Phi) is 2.67. The summed E-state index contributed by atoms with van der Waals surface area (Å²) in [5, 5.41) is 0.778. The quantitative estimate of drug-likeness (QED) is 0.810. The molecule has 0 fully saturated rings. The number of nitrogens with one attached hydrogen (secondary N) is 1. The number of aromatic nitrogens is 1. The third-order valence-corrected chi connectivity index (χ3v) is 2.44. The molecule has 0 aliphatic carbocycles. The summed E-state index contributed by atoms with van der Waals surface area (Å²) in [7, 11) is 3.19. The number of benzene rings is 1. The average Bonchev–Trinajstić information content (AvgIpc) is 2.28. The molecular formula is C12H11FN2O2. The zero-order valence-electron chi connectivity index (χ0n) is 9.45. The van der Waals surface area contributed by atoms with E-state index in [0.29, 0.717) is 5.39 Å². The summed E-state index contributed by atoms with van der Waals surface area (Å²) < 4.78 is 13.0. The molecule has 0 aliphatic heterocycles. The zero-order valence-corrected chi connectivity index (χ0v) is 9.45. The van der Waals surface area contributed by atoms with Gasteiger partial charge >= 0.3 is 0 Å². The van der Waals surface area contributed by atoms with Crippen LogP contribution in [0.25, 0.3) is 10.8 Å². The topological polar surface area (TPSA) is 53.2 Å². The molecule has 5 heteroatoms. The monoisotopic (exact) mass is 234 g/mol. The molecular weight excluding hydrogens is 223 g/mol. The molecule has 0 unspecified atom stereocenters. The summed E-state index contributed by atoms with van der Waals surface area (Å²) in [4.78, 5) is 27.2. The Hall–Kier alpha value is -2.17. The molecule has 1 aromatic carbocycles. The van der Waals surface area contributed by atoms with Crippen molar-refractivity contribution >= 4 is 16.7 Å². The smallest absolute Gasteiger partial charge is 0.269 e. The largest absolute Gasteiger partial charge is 0.344 e. The maximum absolute atomic E-state index is 13.0. The second-order valence-electron chi connectivity index (χ2n) is 3.94. The minimum absolute atomic E-state index is 0.194. The highest BCUT2D eigenvalue weighted by atomic mass is 19.1. The number of halogens is 1. The van der Waals surface area contributed by atoms with Gasteiger partial charge in [-0.3, -0.25) is 9.59 Å². The first-order valence-corrected chi connectivity index (χ1v) is 5.03. The van der Waals surface area contributed by atoms with Gasteiger partial charge in [-0.1, -0.05) is 6.07 Å². The summed E-state index contributed by atoms with van der Waals surface area (Å²) in [6, 6.07) is 5.43. The fourth-order valence-electron chi connectivity index (χ4n) is 1.59. The first-order valence-electron chi connectivity index (χ1n) is 5.03. The lowest BCUT2D eigenvalue weighted by Gasteiger charge is -2.10. The number of fused-ring (bicyclic) bond motifs is 1. The predicted molar refractivity (Wildman–Crippen MR) is 62.5 cm³/mol. The summed E-state index contributed by atoms with van der Waals surface area (Å²) in [6.07, 6.45) is 0. The number of pyridine rings is 1. The van der Waals surface area contributed by atoms with Crippen LogP contribution in [0.4, 0.5) is 4.39 Å². The number of aromatic amines is 1. The highest BCUT2D eigenvalue weighted by Gasteiger charge is 2.11. The van der Waals surface area contributed by atoms with Gasteiger partial charge in [-0.05, 0) is 23.6 Å². The Bertz CT molecular complexity index is 646. The molecule has 0 atom stereocenters. The van der Waals surface area contributed by atoms with Crippen LogP contribution >= 0.6 is 0 Å². The maximum atomic E-state index is 13.0. The van der Waals surface area contributed by atoms with Gasteiger partial charge in [0.2, 0.25) is 0 Å². The first kappa shape index (κ1) is 11.3. The number of amides is 1. The third-order valence-electron chi connectivity index (χ3n) is 2.44. The maximum Gasteiger partial charge on any atom is 0.269 e. The van der Waals surface area contributed by atoms with Crippen molar-refractivity contribution in [2.75, 3.05) is 14.1 Å². The van der Waals surface area contributed by atoms with E-state index < -0.39 is 11.4 Å². The van der Waals surface area contributed by atoms with E-state index in [2.05, 4.69) is 4.98 Å². The van der Waals surface area contributed by atoms with Crippen molar-refractivity contribution in [3.05, 3.63) is 46.1 Å². The minimum atomic E-state index is -0.477. The lowest BCUT2D eigenvalue weighted by atomic mass is 10.1. The highest BCUT2D eigenvalue weighted by Crippen LogP contribution is 2.12. The Morgan fingerprint density at radius 2 is 2.00 bits per heavy atom. The second kappa shape index (κ2) is 4.01. The van der Waals surface area contributed by atoms with Crippen LogP contribution in [-0.2, 0) is 0 Å². The fraction of sp³-hybridized carbons (Fsp3) is 0.167. The van der Waals surface area contributed by atoms with Crippen molar-refractivity contribution in [3.63, 3.8) is 0 Å². The van der Waals surface area contributed by atoms with Crippen LogP contribution in [0.1, 0.15) is 10.5 Å². The minimum Gasteiger partial charge on any atom is -0.344 e. The molecule has 88 valence electrons. The Morgan fingerprint density at radius 1 is 1.29 bits per heavy atom. The van der Waals surface area contributed by atoms with E-state index in [1.54, 1.807) is 20.2 Å². The molecule has 0 radical (unpaired) electrons. The van der Waals surface area contributed by atoms with Gasteiger partial charge in [-0.2, -0.15) is 0 Å². The Balaban J connectivity index is 2.68. The van der Waals surface area contributed by atoms with E-state index in [1.165, 1.54) is 17.0 Å². The lowest BCUT2D eigenvalue weighted by molar-refractivity contribution is 0.0822. The average molecular weight is 234 g/mol. The molecule has 1 aromatic heterocycles. The van der Waals surface area contributed by atoms with Gasteiger partial charge in [0.25, 0.3) is 11.5 Å². The van der Waals surface area contributed by atoms with Gasteiger partial charge in [0.05, 0.1) is 0 Å². The molecule has 2 rings (SSSR count). The summed E-state index contributed by atoms with van der Waals surface area (Å²) in [5.41, 5.74) is -0.272. The molecule has 0 spiro atoms. The number of carbonyl (C=O) groups excluding carboxylic acids is 1. The SMILES string of the molecule is CN(C)C(=O)c1cc2ccc(F)cc2c(=O)[nH]1. The molecule has 1 N–H and O–H groups in total. The number of nitrogens with zero attached hydrogens (tertiary/aromatic N) is 1. The van der Waals surface area contributed by atoms with Crippen LogP contribution in [0.2, 0.25) is 0 Å². The molecule has 0 bridgehead atoms. The number of H-pyrrole nitrogens is 1. The number of rotatable bonds is 1. The predicted octanol–water partition coefficient (Wildman–Crippen LogP) is 1.37. The summed E-state index contributed by atoms with van der Waals surface area (Å²) >= 11 is 0. The van der Waals surface area contributed by atoms with Gasteiger partial charge in [-0.15, -0.1) is 0 Å². The molecule has 1 heterocycles. The van der Waals surface area contributed by atoms with Crippen LogP contribution in [0, 0.1) is 5.82 Å². The van der Waals surface area contributed by atoms with E-state index >= 15 is 0 Å². The Labute approximate surface area is 96.7 Å². The van der Waals surface area contributed by atoms with Crippen LogP contribution in [0.5, 0.6) is 0 Å². The van der Waals surface area contributed by atoms with Crippen LogP contribution in [0.15, 0.2) is 29.1 Å². The van der Waals surface area contributed by atoms with Crippen molar-refractivity contribution in [1.82, 2.24) is 9.88 Å². The van der Waals surface area contributed by atoms with E-state index in [-0.39, 0.29) is 17.0 Å². The molecule has 0 saturated carbocycles. The number of hydrogen-bond donors (Lipinski definition) is 1. The van der Waals surface area contributed by atoms with E-state index in [4.69, 9.17) is 0 Å². The van der Waals surface area contributed by atoms with Gasteiger partial charge in [0.15, 0.2) is 0 Å². The van der Waals surface area contributed by atoms with Gasteiger partial charge in [-0.25, -0.2) is 4.39 Å². The van der Waals surface area contributed by atoms with Crippen molar-refractivity contribution in [1.29, 1.82) is 0 Å². The normalized spacial score (nSPS) is 10.5. The molecule has 2 aromatic rings. The van der Waals surface area contributed by atoms with Crippen LogP contribution in [-0.4, -0.2) is 29.9 Å². The standard InChI is InChI=1S/C12H11FN2O2/c1-15(2)12(17)10-5-7-3-4-8(13)6-9(7)11(16)14-10/h3-6H,1-2H3,(H,14,16). The van der Waals surface area contributed by atoms with Crippen molar-refractivity contribution in [3.8, 4) is 0 Å². The van der Waals surface area contributed by atoms with Crippen molar-refractivity contribution in [2.45, 2.75) is 0 Å². The zero-order chi connectivity index (χ0) is 12.6. The first-order chi connectivity index (χ1) is 7.99. The third kappa shape index (κ3) is 2.04. The van der Waals surface area contributed by atoms with E-state index in [9.17, 15) is 14.0 Å². The van der Waals surface area contributed by atoms with Gasteiger partial charge in [0.1, 0.15) is 11.5 Å². The van der Waals surface area contributed by atoms with Crippen LogP contribution in [0.3, 0.4) is 0 Å². The second-order valence-corrected chi connectivity index (χ2v) is 3.94. The van der Waals surface area contributed by atoms with Gasteiger partial charge < -0.3 is 9.88 Å². The Morgan fingerprint density at radius 3 is 2.65 bits per heavy atom. The molecule has 0 saturated heterocycles. The molecule has 0 aliphatic rings. The van der Waals surface area contributed by atoms with Crippen molar-refractivity contribution < 1.29 is 9.18 Å². The van der Waals surface area contributed by atoms with E-state index in [1.807, 2.05) is 0 Å². The number of carbonyl (C=O) groups is 1. The summed E-state index contributed by atoms with van der Waals surface area (Å²) in [5.74, 6) is -0.775. The van der Waals surface area contributed by atoms with Crippen LogP contribution < -0.4 is 5.56 Å². The molecule has 1 amide bonds. The molecule has 17 heavy (non-hydrogen) atoms.